The minimum Gasteiger partial charge on any atom is -0.508 e. The number of phenols is 1. The molecule has 0 saturated heterocycles. The molecule has 0 atom stereocenters. The van der Waals surface area contributed by atoms with Crippen molar-refractivity contribution in [3.05, 3.63) is 96.8 Å². The number of hydrogen-bond acceptors (Lipinski definition) is 6. The number of sulfonamides is 1. The second-order valence-electron chi connectivity index (χ2n) is 6.80. The Bertz CT molecular complexity index is 1360. The molecule has 32 heavy (non-hydrogen) atoms. The molecule has 0 spiro atoms. The average molecular weight is 446 g/mol. The van der Waals surface area contributed by atoms with Gasteiger partial charge in [-0.3, -0.25) is 9.52 Å². The molecule has 0 unspecified atom stereocenters. The normalized spacial score (nSPS) is 11.0. The fraction of sp³-hybridized carbons (Fsp3) is 0. The van der Waals surface area contributed by atoms with Crippen LogP contribution in [0.2, 0.25) is 0 Å². The number of nitrogens with one attached hydrogen (secondary N) is 2. The Hall–Kier alpha value is -4.24. The summed E-state index contributed by atoms with van der Waals surface area (Å²) in [4.78, 5) is 21.2. The highest BCUT2D eigenvalue weighted by Crippen LogP contribution is 2.21. The number of aromatic hydroxyl groups is 1. The van der Waals surface area contributed by atoms with Crippen LogP contribution < -0.4 is 10.0 Å². The van der Waals surface area contributed by atoms with Crippen LogP contribution in [0, 0.1) is 0 Å². The van der Waals surface area contributed by atoms with Gasteiger partial charge in [0.2, 0.25) is 0 Å². The molecule has 160 valence electrons. The Kier molecular flexibility index (Phi) is 5.82. The van der Waals surface area contributed by atoms with Crippen molar-refractivity contribution in [3.63, 3.8) is 0 Å². The molecular formula is C23H18N4O4S. The SMILES string of the molecule is O=C(Nc1cnc(-c2cccc(O)c2)nc1)c1cccc(NS(=O)(=O)c2ccccc2)c1. The van der Waals surface area contributed by atoms with E-state index in [1.54, 1.807) is 54.6 Å². The average Bonchev–Trinajstić information content (AvgIpc) is 2.80. The van der Waals surface area contributed by atoms with Crippen molar-refractivity contribution in [2.75, 3.05) is 10.0 Å². The molecule has 0 saturated carbocycles. The maximum Gasteiger partial charge on any atom is 0.261 e. The minimum absolute atomic E-state index is 0.103. The Labute approximate surface area is 184 Å². The van der Waals surface area contributed by atoms with Gasteiger partial charge >= 0.3 is 0 Å². The number of amides is 1. The van der Waals surface area contributed by atoms with E-state index in [1.807, 2.05) is 0 Å². The van der Waals surface area contributed by atoms with E-state index in [0.29, 0.717) is 17.1 Å². The van der Waals surface area contributed by atoms with E-state index in [0.717, 1.165) is 0 Å². The van der Waals surface area contributed by atoms with Crippen molar-refractivity contribution < 1.29 is 18.3 Å². The molecule has 3 N–H and O–H groups in total. The van der Waals surface area contributed by atoms with E-state index in [9.17, 15) is 18.3 Å². The molecule has 0 aliphatic rings. The summed E-state index contributed by atoms with van der Waals surface area (Å²) in [6.45, 7) is 0. The van der Waals surface area contributed by atoms with E-state index >= 15 is 0 Å². The molecule has 3 aromatic carbocycles. The Morgan fingerprint density at radius 2 is 1.53 bits per heavy atom. The minimum atomic E-state index is -3.77. The van der Waals surface area contributed by atoms with Gasteiger partial charge in [-0.2, -0.15) is 0 Å². The second kappa shape index (κ2) is 8.86. The summed E-state index contributed by atoms with van der Waals surface area (Å²) in [5.74, 6) is 0.0573. The van der Waals surface area contributed by atoms with Crippen molar-refractivity contribution in [1.29, 1.82) is 0 Å². The van der Waals surface area contributed by atoms with Crippen molar-refractivity contribution in [3.8, 4) is 17.1 Å². The van der Waals surface area contributed by atoms with Crippen LogP contribution in [0.1, 0.15) is 10.4 Å². The van der Waals surface area contributed by atoms with Gasteiger partial charge in [0, 0.05) is 16.8 Å². The monoisotopic (exact) mass is 446 g/mol. The molecule has 0 radical (unpaired) electrons. The van der Waals surface area contributed by atoms with Gasteiger partial charge in [-0.05, 0) is 42.5 Å². The second-order valence-corrected chi connectivity index (χ2v) is 8.48. The molecule has 0 bridgehead atoms. The Morgan fingerprint density at radius 3 is 2.25 bits per heavy atom. The molecule has 4 rings (SSSR count). The van der Waals surface area contributed by atoms with Crippen LogP contribution in [0.4, 0.5) is 11.4 Å². The molecule has 9 heteroatoms. The number of phenolic OH excluding ortho intramolecular Hbond substituents is 1. The summed E-state index contributed by atoms with van der Waals surface area (Å²) < 4.78 is 27.5. The molecule has 0 aliphatic heterocycles. The topological polar surface area (TPSA) is 121 Å². The fourth-order valence-electron chi connectivity index (χ4n) is 2.93. The summed E-state index contributed by atoms with van der Waals surface area (Å²) in [6.07, 6.45) is 2.90. The predicted molar refractivity (Wildman–Crippen MR) is 121 cm³/mol. The van der Waals surface area contributed by atoms with E-state index < -0.39 is 15.9 Å². The van der Waals surface area contributed by atoms with Crippen LogP contribution in [-0.2, 0) is 10.0 Å². The van der Waals surface area contributed by atoms with Gasteiger partial charge in [0.1, 0.15) is 5.75 Å². The molecule has 0 fully saturated rings. The van der Waals surface area contributed by atoms with Crippen LogP contribution in [0.15, 0.2) is 96.2 Å². The van der Waals surface area contributed by atoms with Crippen molar-refractivity contribution in [2.24, 2.45) is 0 Å². The predicted octanol–water partition coefficient (Wildman–Crippen LogP) is 3.90. The molecule has 8 nitrogen and oxygen atoms in total. The molecule has 0 aliphatic carbocycles. The first-order valence-corrected chi connectivity index (χ1v) is 11.0. The maximum atomic E-state index is 12.6. The zero-order valence-corrected chi connectivity index (χ0v) is 17.5. The summed E-state index contributed by atoms with van der Waals surface area (Å²) in [7, 11) is -3.77. The lowest BCUT2D eigenvalue weighted by atomic mass is 10.2. The first kappa shape index (κ1) is 21.0. The van der Waals surface area contributed by atoms with E-state index in [-0.39, 0.29) is 21.9 Å². The first-order valence-electron chi connectivity index (χ1n) is 9.51. The summed E-state index contributed by atoms with van der Waals surface area (Å²) in [6, 6.07) is 20.6. The highest BCUT2D eigenvalue weighted by Gasteiger charge is 2.15. The highest BCUT2D eigenvalue weighted by molar-refractivity contribution is 7.92. The zero-order chi connectivity index (χ0) is 22.6. The van der Waals surface area contributed by atoms with Gasteiger partial charge in [0.05, 0.1) is 23.0 Å². The van der Waals surface area contributed by atoms with Crippen LogP contribution >= 0.6 is 0 Å². The van der Waals surface area contributed by atoms with Gasteiger partial charge in [0.15, 0.2) is 5.82 Å². The summed E-state index contributed by atoms with van der Waals surface area (Å²) in [5.41, 5.74) is 1.53. The Balaban J connectivity index is 1.47. The molecule has 1 aromatic heterocycles. The molecule has 1 heterocycles. The van der Waals surface area contributed by atoms with Crippen LogP contribution in [0.5, 0.6) is 5.75 Å². The quantitative estimate of drug-likeness (QED) is 0.413. The standard InChI is InChI=1S/C23H18N4O4S/c28-20-9-5-6-16(13-20)22-24-14-19(15-25-22)26-23(29)17-7-4-8-18(12-17)27-32(30,31)21-10-2-1-3-11-21/h1-15,27-28H,(H,26,29). The highest BCUT2D eigenvalue weighted by atomic mass is 32.2. The number of hydrogen-bond donors (Lipinski definition) is 3. The van der Waals surface area contributed by atoms with Gasteiger partial charge in [-0.25, -0.2) is 18.4 Å². The number of nitrogens with zero attached hydrogens (tertiary/aromatic N) is 2. The fourth-order valence-corrected chi connectivity index (χ4v) is 4.00. The van der Waals surface area contributed by atoms with Crippen LogP contribution in [0.3, 0.4) is 0 Å². The lowest BCUT2D eigenvalue weighted by Gasteiger charge is -2.10. The third-order valence-corrected chi connectivity index (χ3v) is 5.84. The summed E-state index contributed by atoms with van der Waals surface area (Å²) in [5, 5.41) is 12.3. The van der Waals surface area contributed by atoms with E-state index in [2.05, 4.69) is 20.0 Å². The van der Waals surface area contributed by atoms with Gasteiger partial charge in [-0.1, -0.05) is 36.4 Å². The van der Waals surface area contributed by atoms with Crippen LogP contribution in [-0.4, -0.2) is 29.4 Å². The van der Waals surface area contributed by atoms with E-state index in [4.69, 9.17) is 0 Å². The summed E-state index contributed by atoms with van der Waals surface area (Å²) >= 11 is 0. The Morgan fingerprint density at radius 1 is 0.812 bits per heavy atom. The molecule has 4 aromatic rings. The van der Waals surface area contributed by atoms with Crippen molar-refractivity contribution >= 4 is 27.3 Å². The first-order chi connectivity index (χ1) is 15.4. The largest absolute Gasteiger partial charge is 0.508 e. The maximum absolute atomic E-state index is 12.6. The third kappa shape index (κ3) is 4.90. The van der Waals surface area contributed by atoms with Gasteiger partial charge in [-0.15, -0.1) is 0 Å². The van der Waals surface area contributed by atoms with Crippen molar-refractivity contribution in [1.82, 2.24) is 9.97 Å². The van der Waals surface area contributed by atoms with Gasteiger partial charge in [0.25, 0.3) is 15.9 Å². The lowest BCUT2D eigenvalue weighted by molar-refractivity contribution is 0.102. The molecular weight excluding hydrogens is 428 g/mol. The zero-order valence-electron chi connectivity index (χ0n) is 16.6. The van der Waals surface area contributed by atoms with Crippen molar-refractivity contribution in [2.45, 2.75) is 4.90 Å². The number of rotatable bonds is 6. The smallest absolute Gasteiger partial charge is 0.261 e. The third-order valence-electron chi connectivity index (χ3n) is 4.44. The number of carbonyl (C=O) groups excluding carboxylic acids is 1. The number of aromatic nitrogens is 2. The number of carbonyl (C=O) groups is 1. The number of benzene rings is 3. The van der Waals surface area contributed by atoms with Crippen LogP contribution in [0.25, 0.3) is 11.4 Å². The number of anilines is 2. The lowest BCUT2D eigenvalue weighted by Crippen LogP contribution is -2.15. The van der Waals surface area contributed by atoms with Gasteiger partial charge < -0.3 is 10.4 Å². The van der Waals surface area contributed by atoms with E-state index in [1.165, 1.54) is 36.7 Å². The molecule has 1 amide bonds.